The molecule has 0 bridgehead atoms. The molecule has 3 amide bonds. The molecule has 0 fully saturated rings. The number of hydrogen-bond acceptors (Lipinski definition) is 5. The van der Waals surface area contributed by atoms with E-state index in [9.17, 15) is 14.4 Å². The number of methoxy groups -OCH3 is 1. The number of likely N-dealkylation sites (N-methyl/N-ethyl adjacent to an activating group) is 1. The highest BCUT2D eigenvalue weighted by Gasteiger charge is 2.17. The Balaban J connectivity index is 2.39. The molecule has 0 aromatic heterocycles. The van der Waals surface area contributed by atoms with Gasteiger partial charge in [0.05, 0.1) is 20.2 Å². The molecule has 1 rings (SSSR count). The van der Waals surface area contributed by atoms with Crippen LogP contribution < -0.4 is 20.7 Å². The highest BCUT2D eigenvalue weighted by Crippen LogP contribution is 2.16. The molecule has 0 aliphatic carbocycles. The molecule has 1 aromatic carbocycles. The van der Waals surface area contributed by atoms with Crippen LogP contribution in [0.1, 0.15) is 20.3 Å². The molecule has 0 radical (unpaired) electrons. The maximum atomic E-state index is 12.1. The van der Waals surface area contributed by atoms with Crippen LogP contribution in [0.3, 0.4) is 0 Å². The Labute approximate surface area is 154 Å². The Kier molecular flexibility index (Phi) is 9.14. The van der Waals surface area contributed by atoms with E-state index in [0.717, 1.165) is 6.42 Å². The van der Waals surface area contributed by atoms with Gasteiger partial charge < -0.3 is 20.7 Å². The maximum Gasteiger partial charge on any atom is 0.242 e. The fraction of sp³-hybridized carbons (Fsp3) is 0.500. The van der Waals surface area contributed by atoms with Crippen LogP contribution in [-0.4, -0.2) is 62.5 Å². The van der Waals surface area contributed by atoms with Gasteiger partial charge in [-0.1, -0.05) is 13.0 Å². The largest absolute Gasteiger partial charge is 0.497 e. The zero-order valence-corrected chi connectivity index (χ0v) is 15.8. The molecule has 8 nitrogen and oxygen atoms in total. The molecule has 8 heteroatoms. The third-order valence-corrected chi connectivity index (χ3v) is 3.50. The quantitative estimate of drug-likeness (QED) is 0.564. The highest BCUT2D eigenvalue weighted by molar-refractivity contribution is 5.93. The predicted octanol–water partition coefficient (Wildman–Crippen LogP) is 0.596. The highest BCUT2D eigenvalue weighted by atomic mass is 16.5. The van der Waals surface area contributed by atoms with Crippen LogP contribution in [0.15, 0.2) is 24.3 Å². The topological polar surface area (TPSA) is 99.8 Å². The summed E-state index contributed by atoms with van der Waals surface area (Å²) < 4.78 is 5.10. The van der Waals surface area contributed by atoms with Crippen molar-refractivity contribution in [2.75, 3.05) is 39.1 Å². The summed E-state index contributed by atoms with van der Waals surface area (Å²) in [5, 5.41) is 8.08. The zero-order valence-electron chi connectivity index (χ0n) is 15.8. The first kappa shape index (κ1) is 21.4. The predicted molar refractivity (Wildman–Crippen MR) is 100 cm³/mol. The van der Waals surface area contributed by atoms with Gasteiger partial charge in [-0.25, -0.2) is 0 Å². The molecular weight excluding hydrogens is 336 g/mol. The molecule has 0 aliphatic heterocycles. The van der Waals surface area contributed by atoms with E-state index >= 15 is 0 Å². The van der Waals surface area contributed by atoms with Gasteiger partial charge in [-0.3, -0.25) is 19.3 Å². The molecule has 0 unspecified atom stereocenters. The second kappa shape index (κ2) is 11.1. The summed E-state index contributed by atoms with van der Waals surface area (Å²) in [7, 11) is 3.21. The average Bonchev–Trinajstić information content (AvgIpc) is 2.59. The Morgan fingerprint density at radius 3 is 2.54 bits per heavy atom. The first-order valence-corrected chi connectivity index (χ1v) is 8.55. The zero-order chi connectivity index (χ0) is 19.5. The lowest BCUT2D eigenvalue weighted by Gasteiger charge is -2.18. The van der Waals surface area contributed by atoms with Gasteiger partial charge in [0, 0.05) is 18.3 Å². The number of carbonyl (C=O) groups is 3. The lowest BCUT2D eigenvalue weighted by Crippen LogP contribution is -2.48. The molecule has 0 saturated heterocycles. The Hall–Kier alpha value is -2.61. The third-order valence-electron chi connectivity index (χ3n) is 3.50. The first-order chi connectivity index (χ1) is 12.3. The summed E-state index contributed by atoms with van der Waals surface area (Å²) in [5.74, 6) is -0.146. The molecule has 0 spiro atoms. The minimum absolute atomic E-state index is 0.0108. The number of amides is 3. The average molecular weight is 364 g/mol. The van der Waals surface area contributed by atoms with E-state index in [1.54, 1.807) is 50.2 Å². The van der Waals surface area contributed by atoms with Crippen LogP contribution in [0.4, 0.5) is 5.69 Å². The second-order valence-corrected chi connectivity index (χ2v) is 6.03. The van der Waals surface area contributed by atoms with Crippen LogP contribution in [0, 0.1) is 0 Å². The van der Waals surface area contributed by atoms with Gasteiger partial charge in [-0.05, 0) is 32.5 Å². The van der Waals surface area contributed by atoms with E-state index in [-0.39, 0.29) is 30.8 Å². The number of benzene rings is 1. The van der Waals surface area contributed by atoms with Crippen LogP contribution in [0.25, 0.3) is 0 Å². The molecule has 26 heavy (non-hydrogen) atoms. The standard InChI is InChI=1S/C18H28N4O4/c1-5-9-19-18(25)13(2)20-16(23)11-22(3)12-17(24)21-14-7-6-8-15(10-14)26-4/h6-8,10,13H,5,9,11-12H2,1-4H3,(H,19,25)(H,20,23)(H,21,24)/t13-/m1/s1. The van der Waals surface area contributed by atoms with Crippen molar-refractivity contribution in [1.82, 2.24) is 15.5 Å². The van der Waals surface area contributed by atoms with Crippen molar-refractivity contribution in [3.63, 3.8) is 0 Å². The first-order valence-electron chi connectivity index (χ1n) is 8.55. The third kappa shape index (κ3) is 7.98. The summed E-state index contributed by atoms with van der Waals surface area (Å²) >= 11 is 0. The summed E-state index contributed by atoms with van der Waals surface area (Å²) in [4.78, 5) is 37.4. The molecule has 3 N–H and O–H groups in total. The van der Waals surface area contributed by atoms with Gasteiger partial charge in [0.2, 0.25) is 17.7 Å². The summed E-state index contributed by atoms with van der Waals surface area (Å²) in [6.45, 7) is 4.20. The molecule has 0 aliphatic rings. The van der Waals surface area contributed by atoms with Crippen LogP contribution in [0.5, 0.6) is 5.75 Å². The van der Waals surface area contributed by atoms with Crippen molar-refractivity contribution < 1.29 is 19.1 Å². The van der Waals surface area contributed by atoms with Gasteiger partial charge in [0.1, 0.15) is 11.8 Å². The van der Waals surface area contributed by atoms with Crippen LogP contribution in [0.2, 0.25) is 0 Å². The van der Waals surface area contributed by atoms with Crippen LogP contribution >= 0.6 is 0 Å². The van der Waals surface area contributed by atoms with E-state index in [2.05, 4.69) is 16.0 Å². The molecule has 1 aromatic rings. The van der Waals surface area contributed by atoms with Crippen LogP contribution in [-0.2, 0) is 14.4 Å². The second-order valence-electron chi connectivity index (χ2n) is 6.03. The van der Waals surface area contributed by atoms with Gasteiger partial charge >= 0.3 is 0 Å². The molecule has 1 atom stereocenters. The Morgan fingerprint density at radius 2 is 1.88 bits per heavy atom. The number of ether oxygens (including phenoxy) is 1. The number of anilines is 1. The molecule has 0 heterocycles. The van der Waals surface area contributed by atoms with Crippen molar-refractivity contribution in [3.8, 4) is 5.75 Å². The fourth-order valence-corrected chi connectivity index (χ4v) is 2.20. The number of rotatable bonds is 10. The van der Waals surface area contributed by atoms with E-state index in [1.807, 2.05) is 6.92 Å². The minimum Gasteiger partial charge on any atom is -0.497 e. The number of nitrogens with zero attached hydrogens (tertiary/aromatic N) is 1. The monoisotopic (exact) mass is 364 g/mol. The number of carbonyl (C=O) groups excluding carboxylic acids is 3. The summed E-state index contributed by atoms with van der Waals surface area (Å²) in [6.07, 6.45) is 0.831. The van der Waals surface area contributed by atoms with E-state index in [0.29, 0.717) is 18.0 Å². The lowest BCUT2D eigenvalue weighted by atomic mass is 10.3. The lowest BCUT2D eigenvalue weighted by molar-refractivity contribution is -0.129. The normalized spacial score (nSPS) is 11.6. The van der Waals surface area contributed by atoms with E-state index in [4.69, 9.17) is 4.74 Å². The molecule has 0 saturated carbocycles. The van der Waals surface area contributed by atoms with Gasteiger partial charge in [-0.2, -0.15) is 0 Å². The molecular formula is C18H28N4O4. The summed E-state index contributed by atoms with van der Waals surface area (Å²) in [6, 6.07) is 6.40. The number of nitrogens with one attached hydrogen (secondary N) is 3. The SMILES string of the molecule is CCCNC(=O)[C@@H](C)NC(=O)CN(C)CC(=O)Nc1cccc(OC)c1. The number of hydrogen-bond donors (Lipinski definition) is 3. The smallest absolute Gasteiger partial charge is 0.242 e. The molecule has 144 valence electrons. The van der Waals surface area contributed by atoms with Gasteiger partial charge in [0.15, 0.2) is 0 Å². The maximum absolute atomic E-state index is 12.1. The van der Waals surface area contributed by atoms with Crippen molar-refractivity contribution in [1.29, 1.82) is 0 Å². The van der Waals surface area contributed by atoms with Crippen molar-refractivity contribution >= 4 is 23.4 Å². The van der Waals surface area contributed by atoms with E-state index < -0.39 is 6.04 Å². The fourth-order valence-electron chi connectivity index (χ4n) is 2.20. The minimum atomic E-state index is -0.618. The van der Waals surface area contributed by atoms with E-state index in [1.165, 1.54) is 0 Å². The van der Waals surface area contributed by atoms with Crippen molar-refractivity contribution in [2.45, 2.75) is 26.3 Å². The van der Waals surface area contributed by atoms with Crippen molar-refractivity contribution in [3.05, 3.63) is 24.3 Å². The van der Waals surface area contributed by atoms with Gasteiger partial charge in [-0.15, -0.1) is 0 Å². The summed E-state index contributed by atoms with van der Waals surface area (Å²) in [5.41, 5.74) is 0.619. The van der Waals surface area contributed by atoms with Crippen molar-refractivity contribution in [2.24, 2.45) is 0 Å². The Morgan fingerprint density at radius 1 is 1.19 bits per heavy atom. The van der Waals surface area contributed by atoms with Gasteiger partial charge in [0.25, 0.3) is 0 Å². The Bertz CT molecular complexity index is 621.